The van der Waals surface area contributed by atoms with E-state index >= 15 is 0 Å². The van der Waals surface area contributed by atoms with Crippen molar-refractivity contribution in [1.82, 2.24) is 10.6 Å². The summed E-state index contributed by atoms with van der Waals surface area (Å²) < 4.78 is 4.96. The Balaban J connectivity index is 2.24. The molecule has 0 aliphatic heterocycles. The summed E-state index contributed by atoms with van der Waals surface area (Å²) in [6.45, 7) is -0.254. The van der Waals surface area contributed by atoms with Crippen LogP contribution in [-0.2, 0) is 4.79 Å². The summed E-state index contributed by atoms with van der Waals surface area (Å²) in [4.78, 5) is 34.3. The molecule has 0 radical (unpaired) electrons. The van der Waals surface area contributed by atoms with Crippen molar-refractivity contribution in [2.45, 2.75) is 0 Å². The Morgan fingerprint density at radius 2 is 1.96 bits per heavy atom. The second-order valence-electron chi connectivity index (χ2n) is 4.82. The molecule has 0 spiro atoms. The molecule has 1 aromatic heterocycles. The highest BCUT2D eigenvalue weighted by Gasteiger charge is 2.16. The zero-order valence-electron chi connectivity index (χ0n) is 13.0. The number of nitrogens with one attached hydrogen (secondary N) is 2. The number of carbonyl (C=O) groups is 2. The van der Waals surface area contributed by atoms with Gasteiger partial charge in [-0.2, -0.15) is 0 Å². The van der Waals surface area contributed by atoms with Gasteiger partial charge in [0.1, 0.15) is 5.70 Å². The van der Waals surface area contributed by atoms with Crippen LogP contribution in [0.25, 0.3) is 6.08 Å². The fourth-order valence-corrected chi connectivity index (χ4v) is 1.87. The van der Waals surface area contributed by atoms with E-state index in [0.717, 1.165) is 0 Å². The zero-order chi connectivity index (χ0) is 18.2. The van der Waals surface area contributed by atoms with Crippen LogP contribution in [0.15, 0.2) is 52.8 Å². The Kier molecular flexibility index (Phi) is 6.02. The number of hydrogen-bond donors (Lipinski definition) is 3. The molecule has 1 aromatic carbocycles. The van der Waals surface area contributed by atoms with Gasteiger partial charge in [-0.1, -0.05) is 0 Å². The summed E-state index contributed by atoms with van der Waals surface area (Å²) in [5.41, 5.74) is 0.284. The Hall–Kier alpha value is -3.46. The average Bonchev–Trinajstić information content (AvgIpc) is 3.14. The van der Waals surface area contributed by atoms with Gasteiger partial charge in [-0.3, -0.25) is 19.7 Å². The lowest BCUT2D eigenvalue weighted by Crippen LogP contribution is -2.36. The number of nitrogens with zero attached hydrogens (tertiary/aromatic N) is 1. The van der Waals surface area contributed by atoms with E-state index in [-0.39, 0.29) is 30.3 Å². The molecule has 0 saturated carbocycles. The predicted molar refractivity (Wildman–Crippen MR) is 87.3 cm³/mol. The van der Waals surface area contributed by atoms with Crippen LogP contribution in [0, 0.1) is 10.1 Å². The lowest BCUT2D eigenvalue weighted by molar-refractivity contribution is -0.384. The van der Waals surface area contributed by atoms with Gasteiger partial charge in [-0.15, -0.1) is 0 Å². The smallest absolute Gasteiger partial charge is 0.291 e. The quantitative estimate of drug-likeness (QED) is 0.390. The topological polar surface area (TPSA) is 135 Å². The highest BCUT2D eigenvalue weighted by molar-refractivity contribution is 6.04. The van der Waals surface area contributed by atoms with Gasteiger partial charge >= 0.3 is 0 Å². The molecule has 1 heterocycles. The molecule has 25 heavy (non-hydrogen) atoms. The van der Waals surface area contributed by atoms with Gasteiger partial charge in [0, 0.05) is 18.7 Å². The van der Waals surface area contributed by atoms with Crippen LogP contribution in [0.3, 0.4) is 0 Å². The summed E-state index contributed by atoms with van der Waals surface area (Å²) in [6, 6.07) is 8.41. The van der Waals surface area contributed by atoms with E-state index in [1.165, 1.54) is 48.7 Å². The van der Waals surface area contributed by atoms with Crippen LogP contribution < -0.4 is 10.6 Å². The van der Waals surface area contributed by atoms with E-state index < -0.39 is 16.7 Å². The SMILES string of the molecule is O=C(NCCO)/C(=C/c1ccc([N+](=O)[O-])cc1)NC(=O)c1ccco1. The molecule has 0 fully saturated rings. The number of rotatable bonds is 7. The molecule has 0 unspecified atom stereocenters. The van der Waals surface area contributed by atoms with Gasteiger partial charge < -0.3 is 20.2 Å². The number of non-ortho nitro benzene ring substituents is 1. The van der Waals surface area contributed by atoms with Crippen molar-refractivity contribution in [3.8, 4) is 0 Å². The third kappa shape index (κ3) is 5.01. The van der Waals surface area contributed by atoms with Gasteiger partial charge in [-0.05, 0) is 35.9 Å². The van der Waals surface area contributed by atoms with E-state index in [1.54, 1.807) is 0 Å². The van der Waals surface area contributed by atoms with E-state index in [4.69, 9.17) is 9.52 Å². The van der Waals surface area contributed by atoms with Crippen LogP contribution in [0.4, 0.5) is 5.69 Å². The van der Waals surface area contributed by atoms with Crippen molar-refractivity contribution in [3.63, 3.8) is 0 Å². The van der Waals surface area contributed by atoms with E-state index in [1.807, 2.05) is 0 Å². The minimum atomic E-state index is -0.627. The third-order valence-corrected chi connectivity index (χ3v) is 3.05. The second-order valence-corrected chi connectivity index (χ2v) is 4.82. The number of nitro groups is 1. The summed E-state index contributed by atoms with van der Waals surface area (Å²) in [5.74, 6) is -1.23. The molecule has 9 nitrogen and oxygen atoms in total. The van der Waals surface area contributed by atoms with Crippen molar-refractivity contribution >= 4 is 23.6 Å². The van der Waals surface area contributed by atoms with Crippen LogP contribution in [0.1, 0.15) is 16.1 Å². The Bertz CT molecular complexity index is 781. The minimum absolute atomic E-state index is 0.00700. The standard InChI is InChI=1S/C16H15N3O6/c20-8-7-17-15(21)13(18-16(22)14-2-1-9-25-14)10-11-3-5-12(6-4-11)19(23)24/h1-6,9-10,20H,7-8H2,(H,17,21)(H,18,22)/b13-10-. The first-order valence-corrected chi connectivity index (χ1v) is 7.21. The van der Waals surface area contributed by atoms with Gasteiger partial charge in [0.05, 0.1) is 17.8 Å². The molecule has 2 rings (SSSR count). The number of amides is 2. The van der Waals surface area contributed by atoms with E-state index in [9.17, 15) is 19.7 Å². The number of nitro benzene ring substituents is 1. The third-order valence-electron chi connectivity index (χ3n) is 3.05. The summed E-state index contributed by atoms with van der Waals surface area (Å²) in [6.07, 6.45) is 2.68. The number of aliphatic hydroxyl groups is 1. The average molecular weight is 345 g/mol. The summed E-state index contributed by atoms with van der Waals surface area (Å²) >= 11 is 0. The molecular weight excluding hydrogens is 330 g/mol. The number of carbonyl (C=O) groups excluding carboxylic acids is 2. The molecule has 0 atom stereocenters. The molecule has 130 valence electrons. The number of benzene rings is 1. The first-order chi connectivity index (χ1) is 12.0. The van der Waals surface area contributed by atoms with Gasteiger partial charge in [0.15, 0.2) is 5.76 Å². The van der Waals surface area contributed by atoms with Crippen LogP contribution >= 0.6 is 0 Å². The molecule has 0 bridgehead atoms. The molecule has 9 heteroatoms. The maximum atomic E-state index is 12.1. The lowest BCUT2D eigenvalue weighted by Gasteiger charge is -2.09. The summed E-state index contributed by atoms with van der Waals surface area (Å²) in [5, 5.41) is 24.3. The monoisotopic (exact) mass is 345 g/mol. The van der Waals surface area contributed by atoms with Crippen molar-refractivity contribution < 1.29 is 24.0 Å². The number of hydrogen-bond acceptors (Lipinski definition) is 6. The fraction of sp³-hybridized carbons (Fsp3) is 0.125. The molecule has 0 saturated heterocycles. The highest BCUT2D eigenvalue weighted by atomic mass is 16.6. The maximum absolute atomic E-state index is 12.1. The molecule has 2 amide bonds. The molecule has 0 aliphatic rings. The largest absolute Gasteiger partial charge is 0.459 e. The number of aliphatic hydroxyl groups excluding tert-OH is 1. The summed E-state index contributed by atoms with van der Waals surface area (Å²) in [7, 11) is 0. The van der Waals surface area contributed by atoms with Crippen molar-refractivity contribution in [2.24, 2.45) is 0 Å². The van der Waals surface area contributed by atoms with Gasteiger partial charge in [-0.25, -0.2) is 0 Å². The Morgan fingerprint density at radius 3 is 2.52 bits per heavy atom. The zero-order valence-corrected chi connectivity index (χ0v) is 13.0. The minimum Gasteiger partial charge on any atom is -0.459 e. The van der Waals surface area contributed by atoms with E-state index in [2.05, 4.69) is 10.6 Å². The fourth-order valence-electron chi connectivity index (χ4n) is 1.87. The molecule has 3 N–H and O–H groups in total. The second kappa shape index (κ2) is 8.41. The Labute approximate surface area is 142 Å². The first kappa shape index (κ1) is 17.9. The predicted octanol–water partition coefficient (Wildman–Crippen LogP) is 1.07. The Morgan fingerprint density at radius 1 is 1.24 bits per heavy atom. The molecule has 2 aromatic rings. The highest BCUT2D eigenvalue weighted by Crippen LogP contribution is 2.14. The van der Waals surface area contributed by atoms with Crippen molar-refractivity contribution in [3.05, 3.63) is 69.8 Å². The van der Waals surface area contributed by atoms with E-state index in [0.29, 0.717) is 5.56 Å². The number of furan rings is 1. The molecule has 0 aliphatic carbocycles. The first-order valence-electron chi connectivity index (χ1n) is 7.21. The maximum Gasteiger partial charge on any atom is 0.291 e. The lowest BCUT2D eigenvalue weighted by atomic mass is 10.1. The van der Waals surface area contributed by atoms with Crippen LogP contribution in [0.5, 0.6) is 0 Å². The molecular formula is C16H15N3O6. The van der Waals surface area contributed by atoms with Crippen LogP contribution in [0.2, 0.25) is 0 Å². The van der Waals surface area contributed by atoms with Crippen molar-refractivity contribution in [1.29, 1.82) is 0 Å². The van der Waals surface area contributed by atoms with Crippen molar-refractivity contribution in [2.75, 3.05) is 13.2 Å². The normalized spacial score (nSPS) is 11.0. The van der Waals surface area contributed by atoms with Crippen LogP contribution in [-0.4, -0.2) is 35.0 Å². The van der Waals surface area contributed by atoms with Gasteiger partial charge in [0.2, 0.25) is 0 Å². The van der Waals surface area contributed by atoms with Gasteiger partial charge in [0.25, 0.3) is 17.5 Å².